The lowest BCUT2D eigenvalue weighted by Crippen LogP contribution is -2.12. The summed E-state index contributed by atoms with van der Waals surface area (Å²) >= 11 is 5.51. The third kappa shape index (κ3) is 6.23. The number of unbranched alkanes of at least 4 members (excludes halogenated alkanes) is 1. The SMILES string of the molecule is CC(C)=CCCCC(Cl)C(=O)O. The molecule has 3 heteroatoms. The molecule has 0 radical (unpaired) electrons. The average Bonchev–Trinajstić information content (AvgIpc) is 1.97. The molecule has 0 saturated heterocycles. The van der Waals surface area contributed by atoms with E-state index in [9.17, 15) is 4.79 Å². The van der Waals surface area contributed by atoms with Gasteiger partial charge in [-0.25, -0.2) is 0 Å². The third-order valence-corrected chi connectivity index (χ3v) is 1.89. The van der Waals surface area contributed by atoms with Crippen LogP contribution in [0.25, 0.3) is 0 Å². The topological polar surface area (TPSA) is 37.3 Å². The highest BCUT2D eigenvalue weighted by atomic mass is 35.5. The van der Waals surface area contributed by atoms with Crippen molar-refractivity contribution in [2.75, 3.05) is 0 Å². The molecule has 70 valence electrons. The third-order valence-electron chi connectivity index (χ3n) is 1.48. The number of carboxylic acid groups (broad SMARTS) is 1. The maximum Gasteiger partial charge on any atom is 0.321 e. The fourth-order valence-electron chi connectivity index (χ4n) is 0.811. The molecule has 12 heavy (non-hydrogen) atoms. The summed E-state index contributed by atoms with van der Waals surface area (Å²) in [6, 6.07) is 0. The lowest BCUT2D eigenvalue weighted by atomic mass is 10.1. The van der Waals surface area contributed by atoms with E-state index in [4.69, 9.17) is 16.7 Å². The van der Waals surface area contributed by atoms with Crippen molar-refractivity contribution in [3.05, 3.63) is 11.6 Å². The molecule has 0 amide bonds. The minimum atomic E-state index is -0.922. The van der Waals surface area contributed by atoms with Gasteiger partial charge in [0.25, 0.3) is 0 Å². The Labute approximate surface area is 78.2 Å². The zero-order valence-electron chi connectivity index (χ0n) is 7.51. The van der Waals surface area contributed by atoms with Crippen molar-refractivity contribution >= 4 is 17.6 Å². The number of carboxylic acids is 1. The first-order chi connectivity index (χ1) is 5.54. The quantitative estimate of drug-likeness (QED) is 0.411. The van der Waals surface area contributed by atoms with E-state index < -0.39 is 11.3 Å². The average molecular weight is 191 g/mol. The van der Waals surface area contributed by atoms with Crippen molar-refractivity contribution in [3.63, 3.8) is 0 Å². The van der Waals surface area contributed by atoms with Gasteiger partial charge in [-0.15, -0.1) is 11.6 Å². The van der Waals surface area contributed by atoms with Crippen molar-refractivity contribution in [3.8, 4) is 0 Å². The van der Waals surface area contributed by atoms with Crippen LogP contribution in [0.4, 0.5) is 0 Å². The Hall–Kier alpha value is -0.500. The number of halogens is 1. The Morgan fingerprint density at radius 1 is 1.58 bits per heavy atom. The van der Waals surface area contributed by atoms with Crippen LogP contribution in [-0.4, -0.2) is 16.5 Å². The number of alkyl halides is 1. The number of aliphatic carboxylic acids is 1. The number of hydrogen-bond acceptors (Lipinski definition) is 1. The summed E-state index contributed by atoms with van der Waals surface area (Å²) in [7, 11) is 0. The summed E-state index contributed by atoms with van der Waals surface area (Å²) in [5, 5.41) is 7.72. The predicted octanol–water partition coefficient (Wildman–Crippen LogP) is 2.81. The van der Waals surface area contributed by atoms with E-state index >= 15 is 0 Å². The van der Waals surface area contributed by atoms with Crippen LogP contribution in [0.1, 0.15) is 33.1 Å². The van der Waals surface area contributed by atoms with E-state index in [0.29, 0.717) is 6.42 Å². The predicted molar refractivity (Wildman–Crippen MR) is 50.6 cm³/mol. The van der Waals surface area contributed by atoms with Gasteiger partial charge in [0.2, 0.25) is 0 Å². The van der Waals surface area contributed by atoms with Crippen LogP contribution in [-0.2, 0) is 4.79 Å². The normalized spacial score (nSPS) is 12.2. The Morgan fingerprint density at radius 3 is 2.58 bits per heavy atom. The second-order valence-electron chi connectivity index (χ2n) is 3.02. The molecule has 0 bridgehead atoms. The van der Waals surface area contributed by atoms with E-state index in [2.05, 4.69) is 6.08 Å². The molecule has 0 aliphatic rings. The van der Waals surface area contributed by atoms with Crippen LogP contribution >= 0.6 is 11.6 Å². The Bertz CT molecular complexity index is 171. The van der Waals surface area contributed by atoms with Crippen LogP contribution in [0.15, 0.2) is 11.6 Å². The number of carbonyl (C=O) groups is 1. The molecule has 0 aliphatic heterocycles. The van der Waals surface area contributed by atoms with Crippen molar-refractivity contribution < 1.29 is 9.90 Å². The molecule has 1 unspecified atom stereocenters. The van der Waals surface area contributed by atoms with Crippen molar-refractivity contribution in [1.82, 2.24) is 0 Å². The number of rotatable bonds is 5. The van der Waals surface area contributed by atoms with Crippen LogP contribution in [0.2, 0.25) is 0 Å². The van der Waals surface area contributed by atoms with Crippen LogP contribution in [0.3, 0.4) is 0 Å². The zero-order valence-corrected chi connectivity index (χ0v) is 8.27. The molecule has 0 fully saturated rings. The summed E-state index contributed by atoms with van der Waals surface area (Å²) in [4.78, 5) is 10.3. The molecule has 2 nitrogen and oxygen atoms in total. The number of allylic oxidation sites excluding steroid dienone is 2. The highest BCUT2D eigenvalue weighted by Crippen LogP contribution is 2.08. The monoisotopic (exact) mass is 190 g/mol. The summed E-state index contributed by atoms with van der Waals surface area (Å²) in [5.41, 5.74) is 1.26. The van der Waals surface area contributed by atoms with Crippen LogP contribution in [0, 0.1) is 0 Å². The highest BCUT2D eigenvalue weighted by molar-refractivity contribution is 6.29. The van der Waals surface area contributed by atoms with Gasteiger partial charge in [-0.05, 0) is 33.1 Å². The molecule has 0 aliphatic carbocycles. The minimum absolute atomic E-state index is 0.542. The second-order valence-corrected chi connectivity index (χ2v) is 3.54. The zero-order chi connectivity index (χ0) is 9.56. The van der Waals surface area contributed by atoms with Gasteiger partial charge in [-0.2, -0.15) is 0 Å². The van der Waals surface area contributed by atoms with E-state index in [1.54, 1.807) is 0 Å². The molecular weight excluding hydrogens is 176 g/mol. The molecule has 0 rings (SSSR count). The first-order valence-electron chi connectivity index (χ1n) is 4.04. The molecule has 0 saturated carbocycles. The van der Waals surface area contributed by atoms with Gasteiger partial charge >= 0.3 is 5.97 Å². The highest BCUT2D eigenvalue weighted by Gasteiger charge is 2.11. The van der Waals surface area contributed by atoms with Gasteiger partial charge < -0.3 is 5.11 Å². The van der Waals surface area contributed by atoms with Crippen molar-refractivity contribution in [2.24, 2.45) is 0 Å². The molecule has 0 aromatic rings. The maximum atomic E-state index is 10.3. The minimum Gasteiger partial charge on any atom is -0.480 e. The van der Waals surface area contributed by atoms with Crippen molar-refractivity contribution in [2.45, 2.75) is 38.5 Å². The van der Waals surface area contributed by atoms with E-state index in [1.165, 1.54) is 5.57 Å². The first-order valence-corrected chi connectivity index (χ1v) is 4.48. The molecule has 0 spiro atoms. The first kappa shape index (κ1) is 11.5. The smallest absolute Gasteiger partial charge is 0.321 e. The molecule has 0 aromatic carbocycles. The van der Waals surface area contributed by atoms with E-state index in [1.807, 2.05) is 13.8 Å². The van der Waals surface area contributed by atoms with Crippen molar-refractivity contribution in [1.29, 1.82) is 0 Å². The summed E-state index contributed by atoms with van der Waals surface area (Å²) in [6.07, 6.45) is 4.39. The van der Waals surface area contributed by atoms with Crippen LogP contribution < -0.4 is 0 Å². The standard InChI is InChI=1S/C9H15ClO2/c1-7(2)5-3-4-6-8(10)9(11)12/h5,8H,3-4,6H2,1-2H3,(H,11,12). The second kappa shape index (κ2) is 6.06. The summed E-state index contributed by atoms with van der Waals surface area (Å²) in [6.45, 7) is 4.05. The summed E-state index contributed by atoms with van der Waals surface area (Å²) < 4.78 is 0. The van der Waals surface area contributed by atoms with Gasteiger partial charge in [-0.3, -0.25) is 4.79 Å². The Balaban J connectivity index is 3.44. The maximum absolute atomic E-state index is 10.3. The lowest BCUT2D eigenvalue weighted by Gasteiger charge is -2.01. The fourth-order valence-corrected chi connectivity index (χ4v) is 0.966. The van der Waals surface area contributed by atoms with Gasteiger partial charge in [0.05, 0.1) is 0 Å². The fraction of sp³-hybridized carbons (Fsp3) is 0.667. The largest absolute Gasteiger partial charge is 0.480 e. The molecule has 0 aromatic heterocycles. The van der Waals surface area contributed by atoms with Gasteiger partial charge in [-0.1, -0.05) is 11.6 Å². The molecule has 1 atom stereocenters. The van der Waals surface area contributed by atoms with Gasteiger partial charge in [0.15, 0.2) is 0 Å². The van der Waals surface area contributed by atoms with Gasteiger partial charge in [0.1, 0.15) is 5.38 Å². The Kier molecular flexibility index (Phi) is 5.81. The summed E-state index contributed by atoms with van der Waals surface area (Å²) in [5.74, 6) is -0.922. The lowest BCUT2D eigenvalue weighted by molar-refractivity contribution is -0.136. The van der Waals surface area contributed by atoms with Crippen LogP contribution in [0.5, 0.6) is 0 Å². The Morgan fingerprint density at radius 2 is 2.17 bits per heavy atom. The van der Waals surface area contributed by atoms with E-state index in [-0.39, 0.29) is 0 Å². The van der Waals surface area contributed by atoms with Gasteiger partial charge in [0, 0.05) is 0 Å². The molecule has 0 heterocycles. The molecular formula is C9H15ClO2. The number of hydrogen-bond donors (Lipinski definition) is 1. The van der Waals surface area contributed by atoms with E-state index in [0.717, 1.165) is 12.8 Å². The molecule has 1 N–H and O–H groups in total.